The molecule has 2 fully saturated rings. The SMILES string of the molecule is CN(C)Cc1ccc(C2(O)CCC(N3CC[C@@H](NC(=O)CNC(=O)c4cccc(C(F)(F)F)c4)C3)CC2)cc1. The van der Waals surface area contributed by atoms with E-state index >= 15 is 0 Å². The molecule has 2 aromatic rings. The monoisotopic (exact) mass is 546 g/mol. The van der Waals surface area contributed by atoms with Gasteiger partial charge in [-0.15, -0.1) is 0 Å². The second-order valence-electron chi connectivity index (χ2n) is 11.0. The Morgan fingerprint density at radius 1 is 1.08 bits per heavy atom. The van der Waals surface area contributed by atoms with Gasteiger partial charge in [-0.1, -0.05) is 30.3 Å². The number of benzene rings is 2. The van der Waals surface area contributed by atoms with Crippen LogP contribution >= 0.6 is 0 Å². The van der Waals surface area contributed by atoms with E-state index in [4.69, 9.17) is 0 Å². The normalized spacial score (nSPS) is 24.1. The zero-order chi connectivity index (χ0) is 28.2. The van der Waals surface area contributed by atoms with Crippen LogP contribution in [-0.4, -0.2) is 72.5 Å². The lowest BCUT2D eigenvalue weighted by Crippen LogP contribution is -2.45. The summed E-state index contributed by atoms with van der Waals surface area (Å²) in [4.78, 5) is 29.1. The first-order valence-corrected chi connectivity index (χ1v) is 13.4. The summed E-state index contributed by atoms with van der Waals surface area (Å²) in [6.07, 6.45) is -0.676. The predicted octanol–water partition coefficient (Wildman–Crippen LogP) is 3.52. The van der Waals surface area contributed by atoms with E-state index < -0.39 is 23.2 Å². The van der Waals surface area contributed by atoms with Crippen LogP contribution in [0.2, 0.25) is 0 Å². The van der Waals surface area contributed by atoms with E-state index in [2.05, 4.69) is 32.6 Å². The molecule has 0 spiro atoms. The Hall–Kier alpha value is -2.95. The minimum Gasteiger partial charge on any atom is -0.385 e. The molecule has 39 heavy (non-hydrogen) atoms. The second kappa shape index (κ2) is 12.1. The second-order valence-corrected chi connectivity index (χ2v) is 11.0. The lowest BCUT2D eigenvalue weighted by atomic mass is 9.77. The zero-order valence-electron chi connectivity index (χ0n) is 22.4. The first-order valence-electron chi connectivity index (χ1n) is 13.4. The number of nitrogens with one attached hydrogen (secondary N) is 2. The summed E-state index contributed by atoms with van der Waals surface area (Å²) >= 11 is 0. The largest absolute Gasteiger partial charge is 0.416 e. The minimum atomic E-state index is -4.55. The van der Waals surface area contributed by atoms with Crippen LogP contribution in [0.5, 0.6) is 0 Å². The molecule has 7 nitrogen and oxygen atoms in total. The Kier molecular flexibility index (Phi) is 8.98. The number of alkyl halides is 3. The van der Waals surface area contributed by atoms with Crippen molar-refractivity contribution in [3.05, 3.63) is 70.8 Å². The van der Waals surface area contributed by atoms with Gasteiger partial charge >= 0.3 is 6.18 Å². The van der Waals surface area contributed by atoms with Gasteiger partial charge in [-0.2, -0.15) is 13.2 Å². The zero-order valence-corrected chi connectivity index (χ0v) is 22.4. The highest BCUT2D eigenvalue weighted by molar-refractivity contribution is 5.96. The number of aliphatic hydroxyl groups is 1. The van der Waals surface area contributed by atoms with Crippen molar-refractivity contribution in [2.45, 2.75) is 62.5 Å². The third-order valence-electron chi connectivity index (χ3n) is 7.74. The molecule has 2 aromatic carbocycles. The molecule has 3 N–H and O–H groups in total. The van der Waals surface area contributed by atoms with Gasteiger partial charge in [0.15, 0.2) is 0 Å². The lowest BCUT2D eigenvalue weighted by Gasteiger charge is -2.40. The van der Waals surface area contributed by atoms with Crippen molar-refractivity contribution in [1.82, 2.24) is 20.4 Å². The molecular formula is C29H37F3N4O3. The summed E-state index contributed by atoms with van der Waals surface area (Å²) in [6.45, 7) is 2.07. The average Bonchev–Trinajstić information content (AvgIpc) is 3.35. The highest BCUT2D eigenvalue weighted by Crippen LogP contribution is 2.39. The molecule has 0 unspecified atom stereocenters. The van der Waals surface area contributed by atoms with E-state index in [1.807, 2.05) is 26.2 Å². The van der Waals surface area contributed by atoms with Crippen LogP contribution in [-0.2, 0) is 23.1 Å². The maximum Gasteiger partial charge on any atom is 0.416 e. The number of halogens is 3. The van der Waals surface area contributed by atoms with Crippen LogP contribution in [0.3, 0.4) is 0 Å². The molecule has 1 aliphatic heterocycles. The highest BCUT2D eigenvalue weighted by Gasteiger charge is 2.38. The molecule has 1 saturated carbocycles. The van der Waals surface area contributed by atoms with E-state index in [-0.39, 0.29) is 24.1 Å². The Balaban J connectivity index is 1.21. The van der Waals surface area contributed by atoms with Crippen molar-refractivity contribution in [2.24, 2.45) is 0 Å². The predicted molar refractivity (Wildman–Crippen MR) is 142 cm³/mol. The molecule has 212 valence electrons. The van der Waals surface area contributed by atoms with E-state index in [0.29, 0.717) is 25.4 Å². The molecule has 1 aliphatic carbocycles. The maximum absolute atomic E-state index is 12.9. The van der Waals surface area contributed by atoms with Crippen molar-refractivity contribution in [3.8, 4) is 0 Å². The first kappa shape index (κ1) is 29.0. The Bertz CT molecular complexity index is 1150. The molecule has 1 heterocycles. The van der Waals surface area contributed by atoms with Crippen molar-refractivity contribution >= 4 is 11.8 Å². The van der Waals surface area contributed by atoms with Crippen molar-refractivity contribution in [3.63, 3.8) is 0 Å². The van der Waals surface area contributed by atoms with Gasteiger partial charge in [-0.25, -0.2) is 0 Å². The fourth-order valence-electron chi connectivity index (χ4n) is 5.63. The van der Waals surface area contributed by atoms with E-state index in [1.54, 1.807) is 0 Å². The van der Waals surface area contributed by atoms with Crippen molar-refractivity contribution in [2.75, 3.05) is 33.7 Å². The Labute approximate surface area is 227 Å². The average molecular weight is 547 g/mol. The van der Waals surface area contributed by atoms with Crippen LogP contribution < -0.4 is 10.6 Å². The molecular weight excluding hydrogens is 509 g/mol. The lowest BCUT2D eigenvalue weighted by molar-refractivity contribution is -0.137. The number of rotatable bonds is 8. The summed E-state index contributed by atoms with van der Waals surface area (Å²) in [7, 11) is 4.05. The highest BCUT2D eigenvalue weighted by atomic mass is 19.4. The molecule has 1 saturated heterocycles. The molecule has 4 rings (SSSR count). The number of likely N-dealkylation sites (tertiary alicyclic amines) is 1. The fourth-order valence-corrected chi connectivity index (χ4v) is 5.63. The Morgan fingerprint density at radius 3 is 2.41 bits per heavy atom. The molecule has 0 aromatic heterocycles. The van der Waals surface area contributed by atoms with Crippen LogP contribution in [0.25, 0.3) is 0 Å². The van der Waals surface area contributed by atoms with Gasteiger partial charge in [0.1, 0.15) is 0 Å². The van der Waals surface area contributed by atoms with Crippen LogP contribution in [0, 0.1) is 0 Å². The molecule has 10 heteroatoms. The third kappa shape index (κ3) is 7.58. The van der Waals surface area contributed by atoms with Gasteiger partial charge in [0.05, 0.1) is 17.7 Å². The molecule has 2 aliphatic rings. The summed E-state index contributed by atoms with van der Waals surface area (Å²) in [5.41, 5.74) is 0.290. The Morgan fingerprint density at radius 2 is 1.77 bits per heavy atom. The van der Waals surface area contributed by atoms with Gasteiger partial charge < -0.3 is 20.6 Å². The van der Waals surface area contributed by atoms with Crippen molar-refractivity contribution < 1.29 is 27.9 Å². The van der Waals surface area contributed by atoms with E-state index in [9.17, 15) is 27.9 Å². The van der Waals surface area contributed by atoms with Gasteiger partial charge in [-0.3, -0.25) is 14.5 Å². The van der Waals surface area contributed by atoms with E-state index in [1.165, 1.54) is 17.7 Å². The number of amides is 2. The van der Waals surface area contributed by atoms with Gasteiger partial charge in [0, 0.05) is 37.3 Å². The minimum absolute atomic E-state index is 0.0620. The van der Waals surface area contributed by atoms with Crippen LogP contribution in [0.4, 0.5) is 13.2 Å². The van der Waals surface area contributed by atoms with Crippen LogP contribution in [0.15, 0.2) is 48.5 Å². The van der Waals surface area contributed by atoms with E-state index in [0.717, 1.165) is 50.0 Å². The number of hydrogen-bond acceptors (Lipinski definition) is 5. The number of carbonyl (C=O) groups excluding carboxylic acids is 2. The fraction of sp³-hybridized carbons (Fsp3) is 0.517. The van der Waals surface area contributed by atoms with Crippen molar-refractivity contribution in [1.29, 1.82) is 0 Å². The van der Waals surface area contributed by atoms with Crippen LogP contribution in [0.1, 0.15) is 59.2 Å². The molecule has 2 amide bonds. The molecule has 0 bridgehead atoms. The summed E-state index contributed by atoms with van der Waals surface area (Å²) in [5.74, 6) is -1.11. The standard InChI is InChI=1S/C29H37F3N4O3/c1-35(2)18-20-6-8-22(9-7-20)28(39)13-10-25(11-14-28)36-15-12-24(19-36)34-26(37)17-33-27(38)21-4-3-5-23(16-21)29(30,31)32/h3-9,16,24-25,39H,10-15,17-19H2,1-2H3,(H,33,38)(H,34,37)/t24-,25?,28?/m1/s1. The van der Waals surface area contributed by atoms with Gasteiger partial charge in [-0.05, 0) is 75.5 Å². The van der Waals surface area contributed by atoms with Gasteiger partial charge in [0.25, 0.3) is 5.91 Å². The summed E-state index contributed by atoms with van der Waals surface area (Å²) in [6, 6.07) is 12.6. The van der Waals surface area contributed by atoms with Gasteiger partial charge in [0.2, 0.25) is 5.91 Å². The smallest absolute Gasteiger partial charge is 0.385 e. The summed E-state index contributed by atoms with van der Waals surface area (Å²) in [5, 5.41) is 16.6. The topological polar surface area (TPSA) is 84.9 Å². The quantitative estimate of drug-likeness (QED) is 0.472. The number of hydrogen-bond donors (Lipinski definition) is 3. The summed E-state index contributed by atoms with van der Waals surface area (Å²) < 4.78 is 38.7. The molecule has 0 radical (unpaired) electrons. The third-order valence-corrected chi connectivity index (χ3v) is 7.74. The maximum atomic E-state index is 12.9. The number of nitrogens with zero attached hydrogens (tertiary/aromatic N) is 2. The first-order chi connectivity index (χ1) is 18.4. The number of carbonyl (C=O) groups is 2. The molecule has 1 atom stereocenters.